The van der Waals surface area contributed by atoms with Gasteiger partial charge in [-0.3, -0.25) is 9.78 Å². The van der Waals surface area contributed by atoms with Gasteiger partial charge >= 0.3 is 6.18 Å². The van der Waals surface area contributed by atoms with Crippen molar-refractivity contribution in [3.05, 3.63) is 71.4 Å². The van der Waals surface area contributed by atoms with Crippen molar-refractivity contribution in [2.75, 3.05) is 5.32 Å². The van der Waals surface area contributed by atoms with Gasteiger partial charge in [-0.15, -0.1) is 0 Å². The lowest BCUT2D eigenvalue weighted by atomic mass is 9.85. The molecule has 0 saturated heterocycles. The van der Waals surface area contributed by atoms with Crippen LogP contribution in [0.2, 0.25) is 0 Å². The molecule has 3 rings (SSSR count). The first-order chi connectivity index (χ1) is 13.7. The van der Waals surface area contributed by atoms with Gasteiger partial charge in [-0.25, -0.2) is 4.39 Å². The van der Waals surface area contributed by atoms with Crippen molar-refractivity contribution >= 4 is 28.7 Å². The normalized spacial score (nSPS) is 17.2. The van der Waals surface area contributed by atoms with Gasteiger partial charge in [-0.05, 0) is 42.3 Å². The molecule has 152 valence electrons. The molecule has 2 N–H and O–H groups in total. The summed E-state index contributed by atoms with van der Waals surface area (Å²) in [4.78, 5) is 16.4. The summed E-state index contributed by atoms with van der Waals surface area (Å²) in [5.74, 6) is -2.99. The molecule has 4 nitrogen and oxygen atoms in total. The van der Waals surface area contributed by atoms with Crippen LogP contribution in [-0.2, 0) is 11.3 Å². The summed E-state index contributed by atoms with van der Waals surface area (Å²) in [6.07, 6.45) is -2.44. The van der Waals surface area contributed by atoms with Gasteiger partial charge in [0.1, 0.15) is 10.8 Å². The first kappa shape index (κ1) is 20.9. The van der Waals surface area contributed by atoms with Crippen LogP contribution < -0.4 is 10.6 Å². The molecule has 1 aromatic heterocycles. The molecule has 2 aromatic rings. The second kappa shape index (κ2) is 8.69. The first-order valence-electron chi connectivity index (χ1n) is 8.77. The number of anilines is 1. The van der Waals surface area contributed by atoms with Crippen LogP contribution in [0.5, 0.6) is 0 Å². The van der Waals surface area contributed by atoms with Gasteiger partial charge in [-0.2, -0.15) is 13.2 Å². The molecule has 0 saturated carbocycles. The Morgan fingerprint density at radius 2 is 1.90 bits per heavy atom. The number of allylic oxidation sites excluding steroid dienone is 1. The predicted octanol–water partition coefficient (Wildman–Crippen LogP) is 4.55. The van der Waals surface area contributed by atoms with Crippen molar-refractivity contribution in [2.45, 2.75) is 25.6 Å². The van der Waals surface area contributed by atoms with Crippen molar-refractivity contribution in [2.24, 2.45) is 5.92 Å². The van der Waals surface area contributed by atoms with Crippen LogP contribution in [0, 0.1) is 11.7 Å². The molecule has 1 heterocycles. The molecule has 0 amide bonds. The van der Waals surface area contributed by atoms with Crippen LogP contribution in [0.25, 0.3) is 0 Å². The van der Waals surface area contributed by atoms with E-state index < -0.39 is 30.1 Å². The minimum atomic E-state index is -4.50. The minimum absolute atomic E-state index is 0.00110. The van der Waals surface area contributed by atoms with Gasteiger partial charge in [0.05, 0.1) is 11.5 Å². The van der Waals surface area contributed by atoms with E-state index >= 15 is 0 Å². The number of Topliss-reactive ketones (excluding diaryl/α,β-unsaturated/α-hetero) is 1. The number of nitrogens with one attached hydrogen (secondary N) is 2. The maximum atomic E-state index is 13.4. The van der Waals surface area contributed by atoms with E-state index in [-0.39, 0.29) is 29.2 Å². The summed E-state index contributed by atoms with van der Waals surface area (Å²) in [7, 11) is 0. The lowest BCUT2D eigenvalue weighted by molar-refractivity contribution is -0.179. The third-order valence-electron chi connectivity index (χ3n) is 4.49. The highest BCUT2D eigenvalue weighted by Crippen LogP contribution is 2.38. The van der Waals surface area contributed by atoms with Crippen LogP contribution in [-0.4, -0.2) is 21.9 Å². The van der Waals surface area contributed by atoms with E-state index in [0.29, 0.717) is 5.69 Å². The fraction of sp³-hybridized carbons (Fsp3) is 0.250. The molecular weight excluding hydrogens is 406 g/mol. The maximum absolute atomic E-state index is 13.4. The fourth-order valence-corrected chi connectivity index (χ4v) is 3.39. The molecule has 9 heteroatoms. The molecule has 0 aliphatic heterocycles. The second-order valence-corrected chi connectivity index (χ2v) is 7.01. The number of halogens is 4. The van der Waals surface area contributed by atoms with Crippen LogP contribution in [0.3, 0.4) is 0 Å². The van der Waals surface area contributed by atoms with E-state index in [2.05, 4.69) is 15.6 Å². The highest BCUT2D eigenvalue weighted by molar-refractivity contribution is 7.81. The average Bonchev–Trinajstić information content (AvgIpc) is 2.66. The Morgan fingerprint density at radius 1 is 1.17 bits per heavy atom. The minimum Gasteiger partial charge on any atom is -0.384 e. The number of pyridine rings is 1. The quantitative estimate of drug-likeness (QED) is 0.546. The Kier molecular flexibility index (Phi) is 6.26. The predicted molar refractivity (Wildman–Crippen MR) is 105 cm³/mol. The zero-order chi connectivity index (χ0) is 21.0. The Hall–Kier alpha value is -2.81. The number of hydrogen-bond donors (Lipinski definition) is 2. The number of carbonyl (C=O) groups is 1. The second-order valence-electron chi connectivity index (χ2n) is 6.60. The van der Waals surface area contributed by atoms with Gasteiger partial charge in [0, 0.05) is 36.7 Å². The zero-order valence-electron chi connectivity index (χ0n) is 15.1. The molecule has 1 unspecified atom stereocenters. The van der Waals surface area contributed by atoms with Crippen molar-refractivity contribution in [3.8, 4) is 0 Å². The number of benzene rings is 1. The van der Waals surface area contributed by atoms with Crippen molar-refractivity contribution in [3.63, 3.8) is 0 Å². The molecular formula is C20H17F4N3OS. The van der Waals surface area contributed by atoms with Crippen LogP contribution in [0.1, 0.15) is 18.4 Å². The number of alkyl halides is 3. The number of thiocarbonyl (C=S) groups is 1. The summed E-state index contributed by atoms with van der Waals surface area (Å²) in [5, 5.41) is 5.67. The van der Waals surface area contributed by atoms with E-state index in [1.54, 1.807) is 30.6 Å². The number of aromatic nitrogens is 1. The Labute approximate surface area is 170 Å². The van der Waals surface area contributed by atoms with Crippen LogP contribution in [0.15, 0.2) is 60.1 Å². The summed E-state index contributed by atoms with van der Waals surface area (Å²) < 4.78 is 53.2. The molecule has 1 atom stereocenters. The molecule has 29 heavy (non-hydrogen) atoms. The lowest BCUT2D eigenvalue weighted by Gasteiger charge is -2.29. The van der Waals surface area contributed by atoms with Gasteiger partial charge < -0.3 is 10.6 Å². The van der Waals surface area contributed by atoms with E-state index in [4.69, 9.17) is 12.2 Å². The fourth-order valence-electron chi connectivity index (χ4n) is 3.04. The monoisotopic (exact) mass is 423 g/mol. The van der Waals surface area contributed by atoms with Gasteiger partial charge in [-0.1, -0.05) is 18.3 Å². The number of carbonyl (C=O) groups excluding carboxylic acids is 1. The number of rotatable bonds is 5. The standard InChI is InChI=1S/C20H17F4N3OS/c21-14-2-1-3-15(10-14)27-19(29)18-16(26-11-12-4-6-25-7-5-12)8-13(9-17(18)28)20(22,23)24/h1-7,10,13,26H,8-9,11H2,(H,27,29). The van der Waals surface area contributed by atoms with Crippen molar-refractivity contribution < 1.29 is 22.4 Å². The molecule has 0 spiro atoms. The molecule has 0 fully saturated rings. The molecule has 1 aliphatic rings. The molecule has 0 bridgehead atoms. The van der Waals surface area contributed by atoms with Crippen molar-refractivity contribution in [1.82, 2.24) is 10.3 Å². The summed E-state index contributed by atoms with van der Waals surface area (Å²) in [6, 6.07) is 8.86. The van der Waals surface area contributed by atoms with Crippen LogP contribution >= 0.6 is 12.2 Å². The van der Waals surface area contributed by atoms with E-state index in [0.717, 1.165) is 5.56 Å². The Balaban J connectivity index is 1.88. The zero-order valence-corrected chi connectivity index (χ0v) is 15.9. The van der Waals surface area contributed by atoms with Gasteiger partial charge in [0.15, 0.2) is 5.78 Å². The van der Waals surface area contributed by atoms with Crippen LogP contribution in [0.4, 0.5) is 23.2 Å². The number of ketones is 1. The third kappa shape index (κ3) is 5.38. The summed E-state index contributed by atoms with van der Waals surface area (Å²) >= 11 is 5.27. The summed E-state index contributed by atoms with van der Waals surface area (Å²) in [6.45, 7) is 0.210. The largest absolute Gasteiger partial charge is 0.392 e. The molecule has 1 aliphatic carbocycles. The van der Waals surface area contributed by atoms with Gasteiger partial charge in [0.2, 0.25) is 0 Å². The summed E-state index contributed by atoms with van der Waals surface area (Å²) in [5.41, 5.74) is 1.22. The Morgan fingerprint density at radius 3 is 2.55 bits per heavy atom. The SMILES string of the molecule is O=C1CC(C(F)(F)F)CC(NCc2ccncc2)=C1C(=S)Nc1cccc(F)c1. The number of nitrogens with zero attached hydrogens (tertiary/aromatic N) is 1. The topological polar surface area (TPSA) is 54.0 Å². The van der Waals surface area contributed by atoms with E-state index in [9.17, 15) is 22.4 Å². The van der Waals surface area contributed by atoms with E-state index in [1.807, 2.05) is 0 Å². The van der Waals surface area contributed by atoms with Gasteiger partial charge in [0.25, 0.3) is 0 Å². The smallest absolute Gasteiger partial charge is 0.384 e. The Bertz CT molecular complexity index is 944. The van der Waals surface area contributed by atoms with E-state index in [1.165, 1.54) is 18.2 Å². The number of hydrogen-bond acceptors (Lipinski definition) is 4. The third-order valence-corrected chi connectivity index (χ3v) is 4.80. The molecule has 1 aromatic carbocycles. The highest BCUT2D eigenvalue weighted by atomic mass is 32.1. The molecule has 0 radical (unpaired) electrons. The highest BCUT2D eigenvalue weighted by Gasteiger charge is 2.45. The average molecular weight is 423 g/mol. The lowest BCUT2D eigenvalue weighted by Crippen LogP contribution is -2.37. The maximum Gasteiger partial charge on any atom is 0.392 e. The van der Waals surface area contributed by atoms with Crippen molar-refractivity contribution in [1.29, 1.82) is 0 Å². The first-order valence-corrected chi connectivity index (χ1v) is 9.17.